The number of rotatable bonds is 5. The van der Waals surface area contributed by atoms with Crippen molar-refractivity contribution in [1.82, 2.24) is 5.32 Å². The van der Waals surface area contributed by atoms with Crippen LogP contribution in [-0.2, 0) is 4.74 Å². The summed E-state index contributed by atoms with van der Waals surface area (Å²) in [6.45, 7) is 4.42. The summed E-state index contributed by atoms with van der Waals surface area (Å²) < 4.78 is 19.4. The van der Waals surface area contributed by atoms with E-state index in [1.54, 1.807) is 12.1 Å². The van der Waals surface area contributed by atoms with Crippen molar-refractivity contribution < 1.29 is 9.13 Å². The standard InChI is InChI=1S/C14H19ClFNO/c1-2-6-17-14(10-5-7-18-9-10)12-8-11(15)3-4-13(12)16/h3-4,8,10,14,17H,2,5-7,9H2,1H3. The van der Waals surface area contributed by atoms with E-state index < -0.39 is 0 Å². The van der Waals surface area contributed by atoms with Gasteiger partial charge in [-0.15, -0.1) is 0 Å². The normalized spacial score (nSPS) is 21.2. The van der Waals surface area contributed by atoms with Gasteiger partial charge in [-0.05, 0) is 37.6 Å². The first-order valence-corrected chi connectivity index (χ1v) is 6.86. The Morgan fingerprint density at radius 2 is 2.39 bits per heavy atom. The smallest absolute Gasteiger partial charge is 0.128 e. The third-order valence-corrected chi connectivity index (χ3v) is 3.58. The van der Waals surface area contributed by atoms with Crippen molar-refractivity contribution in [3.63, 3.8) is 0 Å². The molecule has 2 atom stereocenters. The van der Waals surface area contributed by atoms with Crippen LogP contribution in [0.3, 0.4) is 0 Å². The molecular weight excluding hydrogens is 253 g/mol. The third-order valence-electron chi connectivity index (χ3n) is 3.34. The minimum atomic E-state index is -0.195. The van der Waals surface area contributed by atoms with Crippen molar-refractivity contribution in [2.24, 2.45) is 5.92 Å². The number of ether oxygens (including phenoxy) is 1. The zero-order chi connectivity index (χ0) is 13.0. The molecule has 2 nitrogen and oxygen atoms in total. The van der Waals surface area contributed by atoms with Crippen LogP contribution in [0.5, 0.6) is 0 Å². The average molecular weight is 272 g/mol. The van der Waals surface area contributed by atoms with Gasteiger partial charge in [-0.25, -0.2) is 4.39 Å². The second-order valence-corrected chi connectivity index (χ2v) is 5.16. The van der Waals surface area contributed by atoms with E-state index >= 15 is 0 Å². The van der Waals surface area contributed by atoms with Crippen LogP contribution >= 0.6 is 11.6 Å². The minimum absolute atomic E-state index is 0.00819. The van der Waals surface area contributed by atoms with Crippen LogP contribution in [-0.4, -0.2) is 19.8 Å². The predicted molar refractivity (Wildman–Crippen MR) is 71.4 cm³/mol. The molecule has 2 unspecified atom stereocenters. The first-order valence-electron chi connectivity index (χ1n) is 6.48. The van der Waals surface area contributed by atoms with Crippen LogP contribution < -0.4 is 5.32 Å². The lowest BCUT2D eigenvalue weighted by Gasteiger charge is -2.24. The van der Waals surface area contributed by atoms with Crippen molar-refractivity contribution in [2.75, 3.05) is 19.8 Å². The van der Waals surface area contributed by atoms with Gasteiger partial charge in [0.1, 0.15) is 5.82 Å². The maximum absolute atomic E-state index is 14.0. The molecule has 18 heavy (non-hydrogen) atoms. The highest BCUT2D eigenvalue weighted by Crippen LogP contribution is 2.31. The van der Waals surface area contributed by atoms with Gasteiger partial charge in [0.2, 0.25) is 0 Å². The molecule has 1 aromatic carbocycles. The molecule has 0 saturated carbocycles. The molecule has 0 radical (unpaired) electrons. The van der Waals surface area contributed by atoms with Crippen molar-refractivity contribution in [3.8, 4) is 0 Å². The lowest BCUT2D eigenvalue weighted by Crippen LogP contribution is -2.30. The van der Waals surface area contributed by atoms with Gasteiger partial charge >= 0.3 is 0 Å². The van der Waals surface area contributed by atoms with Crippen LogP contribution in [0.2, 0.25) is 5.02 Å². The average Bonchev–Trinajstić information content (AvgIpc) is 2.88. The first kappa shape index (κ1) is 13.8. The molecule has 1 saturated heterocycles. The van der Waals surface area contributed by atoms with Gasteiger partial charge in [-0.3, -0.25) is 0 Å². The molecule has 1 aliphatic rings. The summed E-state index contributed by atoms with van der Waals surface area (Å²) >= 11 is 5.98. The lowest BCUT2D eigenvalue weighted by molar-refractivity contribution is 0.176. The highest BCUT2D eigenvalue weighted by molar-refractivity contribution is 6.30. The molecular formula is C14H19ClFNO. The van der Waals surface area contributed by atoms with Crippen LogP contribution in [0.4, 0.5) is 4.39 Å². The summed E-state index contributed by atoms with van der Waals surface area (Å²) in [4.78, 5) is 0. The van der Waals surface area contributed by atoms with Crippen LogP contribution in [0.25, 0.3) is 0 Å². The topological polar surface area (TPSA) is 21.3 Å². The SMILES string of the molecule is CCCNC(c1cc(Cl)ccc1F)C1CCOC1. The highest BCUT2D eigenvalue weighted by Gasteiger charge is 2.28. The van der Waals surface area contributed by atoms with Gasteiger partial charge in [0, 0.05) is 29.2 Å². The second-order valence-electron chi connectivity index (χ2n) is 4.72. The zero-order valence-electron chi connectivity index (χ0n) is 10.6. The molecule has 0 aromatic heterocycles. The van der Waals surface area contributed by atoms with Gasteiger partial charge in [0.15, 0.2) is 0 Å². The Morgan fingerprint density at radius 3 is 3.06 bits per heavy atom. The van der Waals surface area contributed by atoms with Gasteiger partial charge < -0.3 is 10.1 Å². The Bertz CT molecular complexity index is 393. The van der Waals surface area contributed by atoms with Crippen LogP contribution in [0, 0.1) is 11.7 Å². The molecule has 4 heteroatoms. The van der Waals surface area contributed by atoms with E-state index in [4.69, 9.17) is 16.3 Å². The quantitative estimate of drug-likeness (QED) is 0.884. The summed E-state index contributed by atoms with van der Waals surface area (Å²) in [5.41, 5.74) is 0.659. The van der Waals surface area contributed by atoms with E-state index in [0.717, 1.165) is 26.0 Å². The molecule has 1 fully saturated rings. The highest BCUT2D eigenvalue weighted by atomic mass is 35.5. The Labute approximate surface area is 112 Å². The van der Waals surface area contributed by atoms with Gasteiger partial charge in [-0.1, -0.05) is 18.5 Å². The molecule has 1 N–H and O–H groups in total. The predicted octanol–water partition coefficient (Wildman–Crippen LogP) is 3.56. The molecule has 100 valence electrons. The second kappa shape index (κ2) is 6.50. The third kappa shape index (κ3) is 3.22. The largest absolute Gasteiger partial charge is 0.381 e. The molecule has 1 heterocycles. The van der Waals surface area contributed by atoms with Crippen molar-refractivity contribution in [2.45, 2.75) is 25.8 Å². The molecule has 2 rings (SSSR count). The molecule has 1 aromatic rings. The van der Waals surface area contributed by atoms with E-state index in [1.165, 1.54) is 6.07 Å². The minimum Gasteiger partial charge on any atom is -0.381 e. The number of hydrogen-bond donors (Lipinski definition) is 1. The first-order chi connectivity index (χ1) is 8.72. The molecule has 0 amide bonds. The van der Waals surface area contributed by atoms with Gasteiger partial charge in [0.05, 0.1) is 6.61 Å². The van der Waals surface area contributed by atoms with E-state index in [0.29, 0.717) is 23.1 Å². The number of benzene rings is 1. The Hall–Kier alpha value is -0.640. The van der Waals surface area contributed by atoms with E-state index in [9.17, 15) is 4.39 Å². The van der Waals surface area contributed by atoms with Gasteiger partial charge in [-0.2, -0.15) is 0 Å². The fourth-order valence-electron chi connectivity index (χ4n) is 2.40. The lowest BCUT2D eigenvalue weighted by atomic mass is 9.92. The summed E-state index contributed by atoms with van der Waals surface area (Å²) in [6.07, 6.45) is 1.99. The summed E-state index contributed by atoms with van der Waals surface area (Å²) in [6, 6.07) is 4.74. The van der Waals surface area contributed by atoms with Crippen LogP contribution in [0.15, 0.2) is 18.2 Å². The Kier molecular flexibility index (Phi) is 4.98. The maximum Gasteiger partial charge on any atom is 0.128 e. The van der Waals surface area contributed by atoms with E-state index in [2.05, 4.69) is 12.2 Å². The fourth-order valence-corrected chi connectivity index (χ4v) is 2.58. The van der Waals surface area contributed by atoms with Crippen molar-refractivity contribution in [1.29, 1.82) is 0 Å². The monoisotopic (exact) mass is 271 g/mol. The van der Waals surface area contributed by atoms with Gasteiger partial charge in [0.25, 0.3) is 0 Å². The molecule has 0 bridgehead atoms. The number of halogens is 2. The zero-order valence-corrected chi connectivity index (χ0v) is 11.3. The molecule has 1 aliphatic heterocycles. The van der Waals surface area contributed by atoms with Crippen LogP contribution in [0.1, 0.15) is 31.4 Å². The fraction of sp³-hybridized carbons (Fsp3) is 0.571. The van der Waals surface area contributed by atoms with Crippen molar-refractivity contribution >= 4 is 11.6 Å². The van der Waals surface area contributed by atoms with E-state index in [1.807, 2.05) is 0 Å². The maximum atomic E-state index is 14.0. The summed E-state index contributed by atoms with van der Waals surface area (Å²) in [5.74, 6) is 0.129. The summed E-state index contributed by atoms with van der Waals surface area (Å²) in [5, 5.41) is 3.99. The van der Waals surface area contributed by atoms with Crippen molar-refractivity contribution in [3.05, 3.63) is 34.6 Å². The van der Waals surface area contributed by atoms with E-state index in [-0.39, 0.29) is 11.9 Å². The molecule has 0 aliphatic carbocycles. The number of nitrogens with one attached hydrogen (secondary N) is 1. The Morgan fingerprint density at radius 1 is 1.56 bits per heavy atom. The molecule has 0 spiro atoms. The number of hydrogen-bond acceptors (Lipinski definition) is 2. The summed E-state index contributed by atoms with van der Waals surface area (Å²) in [7, 11) is 0. The Balaban J connectivity index is 2.23.